The van der Waals surface area contributed by atoms with Gasteiger partial charge in [0.05, 0.1) is 6.04 Å². The molecule has 1 saturated heterocycles. The van der Waals surface area contributed by atoms with Gasteiger partial charge < -0.3 is 29.6 Å². The summed E-state index contributed by atoms with van der Waals surface area (Å²) in [5, 5.41) is 6.71. The van der Waals surface area contributed by atoms with Gasteiger partial charge in [0.15, 0.2) is 0 Å². The fraction of sp³-hybridized carbons (Fsp3) is 0.368. The molecule has 7 rings (SSSR count). The number of hydrogen-bond acceptors (Lipinski definition) is 4. The van der Waals surface area contributed by atoms with E-state index in [0.717, 1.165) is 64.4 Å². The molecule has 0 unspecified atom stereocenters. The Bertz CT molecular complexity index is 1920. The van der Waals surface area contributed by atoms with E-state index < -0.39 is 6.04 Å². The van der Waals surface area contributed by atoms with Crippen LogP contribution in [0.4, 0.5) is 5.69 Å². The van der Waals surface area contributed by atoms with Crippen molar-refractivity contribution in [3.63, 3.8) is 0 Å². The number of likely N-dealkylation sites (tertiary alicyclic amines) is 1. The number of benzene rings is 3. The third-order valence-corrected chi connectivity index (χ3v) is 10.2. The Morgan fingerprint density at radius 1 is 1.02 bits per heavy atom. The van der Waals surface area contributed by atoms with Gasteiger partial charge in [-0.3, -0.25) is 9.59 Å². The second kappa shape index (κ2) is 13.2. The minimum absolute atomic E-state index is 0.0593. The molecule has 244 valence electrons. The molecule has 2 N–H and O–H groups in total. The molecule has 5 aromatic rings. The Hall–Kier alpha value is -4.11. The van der Waals surface area contributed by atoms with Gasteiger partial charge in [0.25, 0.3) is 5.91 Å². The Kier molecular flexibility index (Phi) is 8.83. The number of anilines is 1. The summed E-state index contributed by atoms with van der Waals surface area (Å²) in [6.45, 7) is 2.83. The fourth-order valence-corrected chi connectivity index (χ4v) is 7.87. The van der Waals surface area contributed by atoms with Gasteiger partial charge in [0, 0.05) is 78.0 Å². The lowest BCUT2D eigenvalue weighted by atomic mass is 9.91. The number of aromatic nitrogens is 2. The second-order valence-electron chi connectivity index (χ2n) is 13.6. The molecule has 8 nitrogen and oxygen atoms in total. The Balaban J connectivity index is 1.12. The number of para-hydroxylation sites is 2. The lowest BCUT2D eigenvalue weighted by molar-refractivity contribution is -0.121. The van der Waals surface area contributed by atoms with Crippen molar-refractivity contribution < 1.29 is 9.59 Å². The first kappa shape index (κ1) is 31.5. The molecule has 2 atom stereocenters. The van der Waals surface area contributed by atoms with E-state index in [4.69, 9.17) is 11.6 Å². The number of carbonyl (C=O) groups excluding carboxylic acids is 2. The second-order valence-corrected chi connectivity index (χ2v) is 14.0. The maximum absolute atomic E-state index is 14.7. The highest BCUT2D eigenvalue weighted by atomic mass is 35.5. The molecule has 4 heterocycles. The summed E-state index contributed by atoms with van der Waals surface area (Å²) < 4.78 is 1.99. The van der Waals surface area contributed by atoms with Crippen LogP contribution in [0.15, 0.2) is 79.0 Å². The Labute approximate surface area is 281 Å². The molecule has 2 aromatic heterocycles. The van der Waals surface area contributed by atoms with Crippen LogP contribution in [-0.4, -0.2) is 83.5 Å². The van der Waals surface area contributed by atoms with Crippen LogP contribution < -0.4 is 10.2 Å². The monoisotopic (exact) mass is 650 g/mol. The average Bonchev–Trinajstić information content (AvgIpc) is 3.64. The van der Waals surface area contributed by atoms with Gasteiger partial charge in [-0.05, 0) is 93.2 Å². The third-order valence-electron chi connectivity index (χ3n) is 9.96. The van der Waals surface area contributed by atoms with Crippen LogP contribution in [0.2, 0.25) is 5.02 Å². The van der Waals surface area contributed by atoms with Crippen molar-refractivity contribution >= 4 is 50.9 Å². The van der Waals surface area contributed by atoms with Crippen molar-refractivity contribution in [2.75, 3.05) is 45.2 Å². The van der Waals surface area contributed by atoms with Crippen molar-refractivity contribution in [3.05, 3.63) is 101 Å². The molecule has 0 spiro atoms. The van der Waals surface area contributed by atoms with Crippen LogP contribution in [-0.2, 0) is 24.7 Å². The highest BCUT2D eigenvalue weighted by molar-refractivity contribution is 6.30. The third kappa shape index (κ3) is 6.42. The first-order valence-corrected chi connectivity index (χ1v) is 17.0. The van der Waals surface area contributed by atoms with Crippen LogP contribution in [0.25, 0.3) is 21.8 Å². The number of aryl methyl sites for hydroxylation is 1. The number of fused-ring (bicyclic) bond motifs is 3. The summed E-state index contributed by atoms with van der Waals surface area (Å²) in [5.74, 6) is 0.442. The van der Waals surface area contributed by atoms with E-state index in [1.165, 1.54) is 0 Å². The summed E-state index contributed by atoms with van der Waals surface area (Å²) in [6, 6.07) is 23.9. The fourth-order valence-electron chi connectivity index (χ4n) is 7.68. The molecule has 0 bridgehead atoms. The van der Waals surface area contributed by atoms with E-state index in [9.17, 15) is 9.59 Å². The number of carbonyl (C=O) groups is 2. The average molecular weight is 651 g/mol. The molecule has 9 heteroatoms. The van der Waals surface area contributed by atoms with Gasteiger partial charge >= 0.3 is 0 Å². The van der Waals surface area contributed by atoms with Crippen molar-refractivity contribution in [3.8, 4) is 0 Å². The molecule has 0 radical (unpaired) electrons. The summed E-state index contributed by atoms with van der Waals surface area (Å²) in [5.41, 5.74) is 6.03. The highest BCUT2D eigenvalue weighted by Gasteiger charge is 2.35. The van der Waals surface area contributed by atoms with E-state index in [1.807, 2.05) is 88.3 Å². The van der Waals surface area contributed by atoms with Crippen LogP contribution in [0, 0.1) is 5.92 Å². The quantitative estimate of drug-likeness (QED) is 0.220. The number of piperidine rings is 1. The normalized spacial score (nSPS) is 17.9. The van der Waals surface area contributed by atoms with Crippen molar-refractivity contribution in [1.82, 2.24) is 24.7 Å². The maximum atomic E-state index is 14.7. The smallest absolute Gasteiger partial charge is 0.270 e. The van der Waals surface area contributed by atoms with Crippen LogP contribution in [0.5, 0.6) is 0 Å². The van der Waals surface area contributed by atoms with Crippen LogP contribution in [0.3, 0.4) is 0 Å². The predicted molar refractivity (Wildman–Crippen MR) is 190 cm³/mol. The first-order valence-electron chi connectivity index (χ1n) is 16.6. The molecule has 3 aromatic carbocycles. The van der Waals surface area contributed by atoms with Crippen molar-refractivity contribution in [2.24, 2.45) is 13.0 Å². The lowest BCUT2D eigenvalue weighted by Gasteiger charge is -2.39. The molecule has 0 aliphatic carbocycles. The Morgan fingerprint density at radius 2 is 1.79 bits per heavy atom. The predicted octanol–water partition coefficient (Wildman–Crippen LogP) is 5.89. The maximum Gasteiger partial charge on any atom is 0.270 e. The van der Waals surface area contributed by atoms with E-state index in [1.54, 1.807) is 0 Å². The summed E-state index contributed by atoms with van der Waals surface area (Å²) >= 11 is 6.44. The molecular weight excluding hydrogens is 608 g/mol. The van der Waals surface area contributed by atoms with Gasteiger partial charge in [-0.1, -0.05) is 48.0 Å². The largest absolute Gasteiger partial charge is 0.361 e. The van der Waals surface area contributed by atoms with Gasteiger partial charge in [0.1, 0.15) is 5.69 Å². The number of amides is 2. The lowest BCUT2D eigenvalue weighted by Crippen LogP contribution is -2.56. The summed E-state index contributed by atoms with van der Waals surface area (Å²) in [6.07, 6.45) is 5.05. The molecule has 2 amide bonds. The molecule has 47 heavy (non-hydrogen) atoms. The minimum atomic E-state index is -0.429. The summed E-state index contributed by atoms with van der Waals surface area (Å²) in [7, 11) is 6.12. The molecule has 2 aliphatic heterocycles. The molecule has 2 aliphatic rings. The molecule has 1 fully saturated rings. The van der Waals surface area contributed by atoms with Gasteiger partial charge in [0.2, 0.25) is 5.91 Å². The van der Waals surface area contributed by atoms with E-state index >= 15 is 0 Å². The van der Waals surface area contributed by atoms with E-state index in [2.05, 4.69) is 41.4 Å². The van der Waals surface area contributed by atoms with Gasteiger partial charge in [-0.25, -0.2) is 0 Å². The first-order chi connectivity index (χ1) is 22.7. The standard InChI is InChI=1S/C38H43ClN6O2/c1-42(2)23-25-18-27-19-29(39)12-13-35(27)45(24-25)37(46)33(20-28-22-40-32-10-6-5-9-31(28)32)41-30-14-16-44(17-15-30)38(47)36-21-26-8-4-7-11-34(26)43(36)3/h4-13,19,21-22,25,30,33,40-41H,14-18,20,23-24H2,1-3H3/t25-,33-/m1/s1. The SMILES string of the molecule is CN(C)C[C@H]1Cc2cc(Cl)ccc2N(C(=O)[C@@H](Cc2c[nH]c3ccccc23)NC2CCN(C(=O)c3cc4ccccc4n3C)CC2)C1. The van der Waals surface area contributed by atoms with Crippen molar-refractivity contribution in [1.29, 1.82) is 0 Å². The molecular formula is C38H43ClN6O2. The van der Waals surface area contributed by atoms with Crippen molar-refractivity contribution in [2.45, 2.75) is 37.8 Å². The van der Waals surface area contributed by atoms with Gasteiger partial charge in [-0.15, -0.1) is 0 Å². The number of nitrogens with zero attached hydrogens (tertiary/aromatic N) is 4. The van der Waals surface area contributed by atoms with E-state index in [0.29, 0.717) is 42.7 Å². The number of hydrogen-bond donors (Lipinski definition) is 2. The van der Waals surface area contributed by atoms with Crippen LogP contribution in [0.1, 0.15) is 34.5 Å². The number of rotatable bonds is 8. The zero-order valence-electron chi connectivity index (χ0n) is 27.4. The van der Waals surface area contributed by atoms with Gasteiger partial charge in [-0.2, -0.15) is 0 Å². The number of nitrogens with one attached hydrogen (secondary N) is 2. The topological polar surface area (TPSA) is 76.6 Å². The highest BCUT2D eigenvalue weighted by Crippen LogP contribution is 2.33. The zero-order chi connectivity index (χ0) is 32.7. The molecule has 0 saturated carbocycles. The number of H-pyrrole nitrogens is 1. The number of aromatic amines is 1. The minimum Gasteiger partial charge on any atom is -0.361 e. The Morgan fingerprint density at radius 3 is 2.57 bits per heavy atom. The number of halogens is 1. The summed E-state index contributed by atoms with van der Waals surface area (Å²) in [4.78, 5) is 37.9. The zero-order valence-corrected chi connectivity index (χ0v) is 28.1. The van der Waals surface area contributed by atoms with E-state index in [-0.39, 0.29) is 17.9 Å². The van der Waals surface area contributed by atoms with Crippen LogP contribution >= 0.6 is 11.6 Å².